The highest BCUT2D eigenvalue weighted by Gasteiger charge is 2.09. The maximum Gasteiger partial charge on any atom is 0.0635 e. The van der Waals surface area contributed by atoms with Crippen molar-refractivity contribution in [3.05, 3.63) is 0 Å². The highest BCUT2D eigenvalue weighted by Crippen LogP contribution is 2.05. The molecule has 0 atom stereocenters. The van der Waals surface area contributed by atoms with Crippen molar-refractivity contribution in [1.82, 2.24) is 10.2 Å². The Labute approximate surface area is 74.4 Å². The zero-order chi connectivity index (χ0) is 8.65. The van der Waals surface area contributed by atoms with Gasteiger partial charge in [0, 0.05) is 26.1 Å². The van der Waals surface area contributed by atoms with Crippen LogP contribution in [0, 0.1) is 11.3 Å². The van der Waals surface area contributed by atoms with E-state index in [1.807, 2.05) is 0 Å². The summed E-state index contributed by atoms with van der Waals surface area (Å²) < 4.78 is 0. The summed E-state index contributed by atoms with van der Waals surface area (Å²) in [5, 5.41) is 11.5. The van der Waals surface area contributed by atoms with Gasteiger partial charge < -0.3 is 10.2 Å². The highest BCUT2D eigenvalue weighted by atomic mass is 15.1. The fourth-order valence-electron chi connectivity index (χ4n) is 1.51. The topological polar surface area (TPSA) is 39.1 Å². The quantitative estimate of drug-likeness (QED) is 0.609. The zero-order valence-electron chi connectivity index (χ0n) is 7.55. The SMILES string of the molecule is N#CCCNCCN1CCCC1. The number of hydrogen-bond acceptors (Lipinski definition) is 3. The van der Waals surface area contributed by atoms with Crippen LogP contribution in [0.1, 0.15) is 19.3 Å². The Morgan fingerprint density at radius 1 is 1.25 bits per heavy atom. The maximum atomic E-state index is 8.28. The first-order chi connectivity index (χ1) is 5.93. The summed E-state index contributed by atoms with van der Waals surface area (Å²) in [5.41, 5.74) is 0. The van der Waals surface area contributed by atoms with Crippen LogP contribution in [0.5, 0.6) is 0 Å². The largest absolute Gasteiger partial charge is 0.314 e. The molecule has 0 aromatic carbocycles. The second kappa shape index (κ2) is 5.99. The number of nitrogens with one attached hydrogen (secondary N) is 1. The average Bonchev–Trinajstić information content (AvgIpc) is 2.57. The van der Waals surface area contributed by atoms with E-state index in [9.17, 15) is 0 Å². The molecule has 0 aromatic heterocycles. The van der Waals surface area contributed by atoms with Crippen LogP contribution >= 0.6 is 0 Å². The van der Waals surface area contributed by atoms with Gasteiger partial charge >= 0.3 is 0 Å². The third-order valence-corrected chi connectivity index (χ3v) is 2.22. The fraction of sp³-hybridized carbons (Fsp3) is 0.889. The minimum atomic E-state index is 0.625. The van der Waals surface area contributed by atoms with Crippen LogP contribution in [0.3, 0.4) is 0 Å². The Hall–Kier alpha value is -0.590. The monoisotopic (exact) mass is 167 g/mol. The highest BCUT2D eigenvalue weighted by molar-refractivity contribution is 4.71. The van der Waals surface area contributed by atoms with Crippen molar-refractivity contribution < 1.29 is 0 Å². The standard InChI is InChI=1S/C9H17N3/c10-4-3-5-11-6-9-12-7-1-2-8-12/h11H,1-3,5-9H2. The molecule has 3 heteroatoms. The average molecular weight is 167 g/mol. The molecule has 1 fully saturated rings. The Balaban J connectivity index is 1.85. The third kappa shape index (κ3) is 3.70. The number of likely N-dealkylation sites (tertiary alicyclic amines) is 1. The van der Waals surface area contributed by atoms with Crippen LogP contribution in [0.25, 0.3) is 0 Å². The van der Waals surface area contributed by atoms with Crippen molar-refractivity contribution in [1.29, 1.82) is 5.26 Å². The molecule has 1 saturated heterocycles. The van der Waals surface area contributed by atoms with E-state index in [0.717, 1.165) is 19.6 Å². The molecule has 1 aliphatic heterocycles. The van der Waals surface area contributed by atoms with E-state index in [2.05, 4.69) is 16.3 Å². The zero-order valence-corrected chi connectivity index (χ0v) is 7.55. The molecule has 0 aliphatic carbocycles. The molecule has 1 rings (SSSR count). The molecule has 0 radical (unpaired) electrons. The minimum Gasteiger partial charge on any atom is -0.314 e. The predicted octanol–water partition coefficient (Wildman–Crippen LogP) is 0.585. The van der Waals surface area contributed by atoms with Crippen molar-refractivity contribution in [3.8, 4) is 6.07 Å². The first-order valence-electron chi connectivity index (χ1n) is 4.73. The van der Waals surface area contributed by atoms with E-state index in [4.69, 9.17) is 5.26 Å². The van der Waals surface area contributed by atoms with Gasteiger partial charge in [-0.15, -0.1) is 0 Å². The molecule has 0 unspecified atom stereocenters. The minimum absolute atomic E-state index is 0.625. The number of nitriles is 1. The van der Waals surface area contributed by atoms with E-state index in [0.29, 0.717) is 6.42 Å². The summed E-state index contributed by atoms with van der Waals surface area (Å²) >= 11 is 0. The summed E-state index contributed by atoms with van der Waals surface area (Å²) in [6.07, 6.45) is 3.34. The van der Waals surface area contributed by atoms with Gasteiger partial charge in [0.05, 0.1) is 6.07 Å². The van der Waals surface area contributed by atoms with Gasteiger partial charge in [0.15, 0.2) is 0 Å². The van der Waals surface area contributed by atoms with Gasteiger partial charge in [0.25, 0.3) is 0 Å². The van der Waals surface area contributed by atoms with E-state index in [-0.39, 0.29) is 0 Å². The predicted molar refractivity (Wildman–Crippen MR) is 48.8 cm³/mol. The van der Waals surface area contributed by atoms with E-state index in [1.54, 1.807) is 0 Å². The molecule has 3 nitrogen and oxygen atoms in total. The number of nitrogens with zero attached hydrogens (tertiary/aromatic N) is 2. The van der Waals surface area contributed by atoms with Crippen LogP contribution in [-0.2, 0) is 0 Å². The number of rotatable bonds is 5. The molecule has 1 heterocycles. The van der Waals surface area contributed by atoms with Crippen molar-refractivity contribution >= 4 is 0 Å². The van der Waals surface area contributed by atoms with Gasteiger partial charge in [0.2, 0.25) is 0 Å². The molecule has 68 valence electrons. The van der Waals surface area contributed by atoms with Crippen LogP contribution in [0.2, 0.25) is 0 Å². The van der Waals surface area contributed by atoms with Gasteiger partial charge in [-0.1, -0.05) is 0 Å². The lowest BCUT2D eigenvalue weighted by atomic mass is 10.4. The summed E-state index contributed by atoms with van der Waals surface area (Å²) in [5.74, 6) is 0. The molecule has 0 saturated carbocycles. The molecule has 0 bridgehead atoms. The third-order valence-electron chi connectivity index (χ3n) is 2.22. The molecule has 12 heavy (non-hydrogen) atoms. The first-order valence-corrected chi connectivity index (χ1v) is 4.73. The normalized spacial score (nSPS) is 17.9. The van der Waals surface area contributed by atoms with Crippen LogP contribution in [-0.4, -0.2) is 37.6 Å². The second-order valence-electron chi connectivity index (χ2n) is 3.21. The summed E-state index contributed by atoms with van der Waals surface area (Å²) in [4.78, 5) is 2.47. The molecule has 0 spiro atoms. The van der Waals surface area contributed by atoms with Gasteiger partial charge in [-0.05, 0) is 25.9 Å². The molecule has 1 aliphatic rings. The first kappa shape index (κ1) is 9.50. The lowest BCUT2D eigenvalue weighted by Crippen LogP contribution is -2.30. The lowest BCUT2D eigenvalue weighted by molar-refractivity contribution is 0.336. The van der Waals surface area contributed by atoms with Crippen molar-refractivity contribution in [2.75, 3.05) is 32.7 Å². The van der Waals surface area contributed by atoms with Gasteiger partial charge in [-0.2, -0.15) is 5.26 Å². The van der Waals surface area contributed by atoms with Crippen molar-refractivity contribution in [2.24, 2.45) is 0 Å². The second-order valence-corrected chi connectivity index (χ2v) is 3.21. The van der Waals surface area contributed by atoms with Crippen LogP contribution < -0.4 is 5.32 Å². The van der Waals surface area contributed by atoms with Crippen LogP contribution in [0.15, 0.2) is 0 Å². The van der Waals surface area contributed by atoms with E-state index in [1.165, 1.54) is 25.9 Å². The molecule has 1 N–H and O–H groups in total. The summed E-state index contributed by atoms with van der Waals surface area (Å²) in [6.45, 7) is 5.54. The summed E-state index contributed by atoms with van der Waals surface area (Å²) in [6, 6.07) is 2.12. The molecular formula is C9H17N3. The maximum absolute atomic E-state index is 8.28. The van der Waals surface area contributed by atoms with Gasteiger partial charge in [-0.3, -0.25) is 0 Å². The van der Waals surface area contributed by atoms with Crippen molar-refractivity contribution in [3.63, 3.8) is 0 Å². The smallest absolute Gasteiger partial charge is 0.0635 e. The lowest BCUT2D eigenvalue weighted by Gasteiger charge is -2.13. The van der Waals surface area contributed by atoms with E-state index < -0.39 is 0 Å². The van der Waals surface area contributed by atoms with E-state index >= 15 is 0 Å². The molecule has 0 amide bonds. The fourth-order valence-corrected chi connectivity index (χ4v) is 1.51. The molecule has 0 aromatic rings. The Morgan fingerprint density at radius 2 is 2.00 bits per heavy atom. The summed E-state index contributed by atoms with van der Waals surface area (Å²) in [7, 11) is 0. The Kier molecular flexibility index (Phi) is 4.74. The number of hydrogen-bond donors (Lipinski definition) is 1. The van der Waals surface area contributed by atoms with Crippen molar-refractivity contribution in [2.45, 2.75) is 19.3 Å². The Morgan fingerprint density at radius 3 is 2.67 bits per heavy atom. The van der Waals surface area contributed by atoms with Gasteiger partial charge in [0.1, 0.15) is 0 Å². The Bertz CT molecular complexity index is 144. The van der Waals surface area contributed by atoms with Crippen LogP contribution in [0.4, 0.5) is 0 Å². The molecular weight excluding hydrogens is 150 g/mol. The van der Waals surface area contributed by atoms with Gasteiger partial charge in [-0.25, -0.2) is 0 Å².